The summed E-state index contributed by atoms with van der Waals surface area (Å²) < 4.78 is 4.65. The second-order valence-corrected chi connectivity index (χ2v) is 3.28. The molecule has 0 saturated carbocycles. The largest absolute Gasteiger partial charge is 0.468 e. The number of methoxy groups -OCH3 is 1. The van der Waals surface area contributed by atoms with E-state index in [0.29, 0.717) is 25.9 Å². The highest BCUT2D eigenvalue weighted by molar-refractivity contribution is 6.04. The Kier molecular flexibility index (Phi) is 3.03. The van der Waals surface area contributed by atoms with Gasteiger partial charge >= 0.3 is 5.97 Å². The molecule has 1 heterocycles. The van der Waals surface area contributed by atoms with Crippen molar-refractivity contribution in [3.8, 4) is 0 Å². The maximum atomic E-state index is 11.6. The maximum Gasteiger partial charge on any atom is 0.320 e. The van der Waals surface area contributed by atoms with Crippen LogP contribution >= 0.6 is 0 Å². The van der Waals surface area contributed by atoms with Crippen LogP contribution in [-0.2, 0) is 14.3 Å². The second kappa shape index (κ2) is 3.87. The van der Waals surface area contributed by atoms with Gasteiger partial charge in [-0.05, 0) is 6.42 Å². The SMILES string of the molecule is CCC1(C(=O)OC)CNCCC1=O. The molecule has 1 aliphatic rings. The van der Waals surface area contributed by atoms with Crippen LogP contribution in [0.2, 0.25) is 0 Å². The van der Waals surface area contributed by atoms with Crippen LogP contribution in [0.25, 0.3) is 0 Å². The average Bonchev–Trinajstić information content (AvgIpc) is 2.18. The molecule has 0 amide bonds. The third-order valence-electron chi connectivity index (χ3n) is 2.67. The van der Waals surface area contributed by atoms with Gasteiger partial charge in [0, 0.05) is 19.5 Å². The predicted molar refractivity (Wildman–Crippen MR) is 47.2 cm³/mol. The van der Waals surface area contributed by atoms with Crippen molar-refractivity contribution in [1.82, 2.24) is 5.32 Å². The van der Waals surface area contributed by atoms with Crippen LogP contribution in [-0.4, -0.2) is 32.0 Å². The summed E-state index contributed by atoms with van der Waals surface area (Å²) in [6.07, 6.45) is 0.925. The molecule has 0 bridgehead atoms. The number of carbonyl (C=O) groups is 2. The van der Waals surface area contributed by atoms with Crippen LogP contribution in [0.1, 0.15) is 19.8 Å². The Morgan fingerprint density at radius 3 is 2.85 bits per heavy atom. The lowest BCUT2D eigenvalue weighted by molar-refractivity contribution is -0.159. The molecular formula is C9H15NO3. The van der Waals surface area contributed by atoms with E-state index in [4.69, 9.17) is 0 Å². The van der Waals surface area contributed by atoms with E-state index >= 15 is 0 Å². The quantitative estimate of drug-likeness (QED) is 0.490. The molecule has 4 heteroatoms. The molecule has 0 radical (unpaired) electrons. The number of nitrogens with one attached hydrogen (secondary N) is 1. The Morgan fingerprint density at radius 1 is 1.69 bits per heavy atom. The molecule has 0 spiro atoms. The normalized spacial score (nSPS) is 28.6. The minimum atomic E-state index is -0.924. The summed E-state index contributed by atoms with van der Waals surface area (Å²) in [7, 11) is 1.32. The second-order valence-electron chi connectivity index (χ2n) is 3.28. The molecule has 0 aromatic heterocycles. The molecule has 0 aromatic carbocycles. The van der Waals surface area contributed by atoms with E-state index in [-0.39, 0.29) is 5.78 Å². The Balaban J connectivity index is 2.88. The molecule has 0 aliphatic carbocycles. The number of ketones is 1. The van der Waals surface area contributed by atoms with Gasteiger partial charge in [0.25, 0.3) is 0 Å². The summed E-state index contributed by atoms with van der Waals surface area (Å²) in [6, 6.07) is 0. The molecule has 1 aliphatic heterocycles. The number of carbonyl (C=O) groups excluding carboxylic acids is 2. The van der Waals surface area contributed by atoms with Crippen molar-refractivity contribution >= 4 is 11.8 Å². The van der Waals surface area contributed by atoms with E-state index < -0.39 is 11.4 Å². The topological polar surface area (TPSA) is 55.4 Å². The van der Waals surface area contributed by atoms with Gasteiger partial charge in [-0.3, -0.25) is 9.59 Å². The van der Waals surface area contributed by atoms with Crippen molar-refractivity contribution < 1.29 is 14.3 Å². The van der Waals surface area contributed by atoms with Crippen LogP contribution in [0.4, 0.5) is 0 Å². The lowest BCUT2D eigenvalue weighted by Gasteiger charge is -2.32. The highest BCUT2D eigenvalue weighted by Gasteiger charge is 2.46. The lowest BCUT2D eigenvalue weighted by Crippen LogP contribution is -2.52. The van der Waals surface area contributed by atoms with Gasteiger partial charge in [0.05, 0.1) is 7.11 Å². The monoisotopic (exact) mass is 185 g/mol. The van der Waals surface area contributed by atoms with Gasteiger partial charge in [-0.1, -0.05) is 6.92 Å². The van der Waals surface area contributed by atoms with E-state index in [1.165, 1.54) is 7.11 Å². The highest BCUT2D eigenvalue weighted by Crippen LogP contribution is 2.27. The number of Topliss-reactive ketones (excluding diaryl/α,β-unsaturated/α-hetero) is 1. The zero-order chi connectivity index (χ0) is 9.90. The van der Waals surface area contributed by atoms with Crippen LogP contribution in [0.15, 0.2) is 0 Å². The number of hydrogen-bond acceptors (Lipinski definition) is 4. The fraction of sp³-hybridized carbons (Fsp3) is 0.778. The fourth-order valence-electron chi connectivity index (χ4n) is 1.69. The van der Waals surface area contributed by atoms with E-state index in [9.17, 15) is 9.59 Å². The van der Waals surface area contributed by atoms with Crippen molar-refractivity contribution in [2.45, 2.75) is 19.8 Å². The number of esters is 1. The van der Waals surface area contributed by atoms with Gasteiger partial charge in [0.2, 0.25) is 0 Å². The molecule has 1 saturated heterocycles. The Morgan fingerprint density at radius 2 is 2.38 bits per heavy atom. The maximum absolute atomic E-state index is 11.6. The number of piperidine rings is 1. The van der Waals surface area contributed by atoms with E-state index in [2.05, 4.69) is 10.1 Å². The van der Waals surface area contributed by atoms with Gasteiger partial charge in [0.15, 0.2) is 5.78 Å². The number of ether oxygens (including phenoxy) is 1. The molecule has 1 N–H and O–H groups in total. The predicted octanol–water partition coefficient (Wildman–Crippen LogP) is 0.118. The van der Waals surface area contributed by atoms with Gasteiger partial charge in [-0.15, -0.1) is 0 Å². The average molecular weight is 185 g/mol. The zero-order valence-electron chi connectivity index (χ0n) is 8.05. The van der Waals surface area contributed by atoms with Gasteiger partial charge in [-0.2, -0.15) is 0 Å². The van der Waals surface area contributed by atoms with Crippen LogP contribution in [0.3, 0.4) is 0 Å². The summed E-state index contributed by atoms with van der Waals surface area (Å²) in [4.78, 5) is 23.1. The Hall–Kier alpha value is -0.900. The standard InChI is InChI=1S/C9H15NO3/c1-3-9(8(12)13-2)6-10-5-4-7(9)11/h10H,3-6H2,1-2H3. The van der Waals surface area contributed by atoms with E-state index in [0.717, 1.165) is 0 Å². The molecule has 1 fully saturated rings. The summed E-state index contributed by atoms with van der Waals surface area (Å²) in [5.41, 5.74) is -0.924. The van der Waals surface area contributed by atoms with Gasteiger partial charge in [-0.25, -0.2) is 0 Å². The molecule has 13 heavy (non-hydrogen) atoms. The van der Waals surface area contributed by atoms with Gasteiger partial charge < -0.3 is 10.1 Å². The van der Waals surface area contributed by atoms with Crippen LogP contribution in [0.5, 0.6) is 0 Å². The number of rotatable bonds is 2. The first-order valence-electron chi connectivity index (χ1n) is 4.50. The molecule has 1 unspecified atom stereocenters. The summed E-state index contributed by atoms with van der Waals surface area (Å²) in [5.74, 6) is -0.409. The molecule has 0 aromatic rings. The number of hydrogen-bond donors (Lipinski definition) is 1. The zero-order valence-corrected chi connectivity index (χ0v) is 8.05. The first kappa shape index (κ1) is 10.2. The third kappa shape index (κ3) is 1.58. The Bertz CT molecular complexity index is 217. The third-order valence-corrected chi connectivity index (χ3v) is 2.67. The molecule has 1 atom stereocenters. The molecule has 4 nitrogen and oxygen atoms in total. The van der Waals surface area contributed by atoms with E-state index in [1.54, 1.807) is 0 Å². The van der Waals surface area contributed by atoms with Crippen molar-refractivity contribution in [2.24, 2.45) is 5.41 Å². The smallest absolute Gasteiger partial charge is 0.320 e. The lowest BCUT2D eigenvalue weighted by atomic mass is 9.77. The molecule has 74 valence electrons. The summed E-state index contributed by atoms with van der Waals surface area (Å²) in [5, 5.41) is 3.05. The van der Waals surface area contributed by atoms with Gasteiger partial charge in [0.1, 0.15) is 5.41 Å². The first-order chi connectivity index (χ1) is 6.17. The van der Waals surface area contributed by atoms with Crippen molar-refractivity contribution in [1.29, 1.82) is 0 Å². The van der Waals surface area contributed by atoms with Crippen molar-refractivity contribution in [3.63, 3.8) is 0 Å². The molecule has 1 rings (SSSR count). The minimum absolute atomic E-state index is 0.000556. The van der Waals surface area contributed by atoms with Crippen molar-refractivity contribution in [2.75, 3.05) is 20.2 Å². The Labute approximate surface area is 77.6 Å². The summed E-state index contributed by atoms with van der Waals surface area (Å²) >= 11 is 0. The minimum Gasteiger partial charge on any atom is -0.468 e. The fourth-order valence-corrected chi connectivity index (χ4v) is 1.69. The van der Waals surface area contributed by atoms with Crippen molar-refractivity contribution in [3.05, 3.63) is 0 Å². The van der Waals surface area contributed by atoms with E-state index in [1.807, 2.05) is 6.92 Å². The highest BCUT2D eigenvalue weighted by atomic mass is 16.5. The first-order valence-corrected chi connectivity index (χ1v) is 4.50. The molecular weight excluding hydrogens is 170 g/mol. The summed E-state index contributed by atoms with van der Waals surface area (Å²) in [6.45, 7) is 2.91. The van der Waals surface area contributed by atoms with Crippen LogP contribution in [0, 0.1) is 5.41 Å². The van der Waals surface area contributed by atoms with Crippen LogP contribution < -0.4 is 5.32 Å².